The average molecular weight is 286 g/mol. The molecule has 0 N–H and O–H groups in total. The van der Waals surface area contributed by atoms with E-state index in [1.54, 1.807) is 41.5 Å². The summed E-state index contributed by atoms with van der Waals surface area (Å²) in [5.41, 5.74) is -1.56. The van der Waals surface area contributed by atoms with Gasteiger partial charge in [0.25, 0.3) is 0 Å². The fourth-order valence-electron chi connectivity index (χ4n) is 2.32. The first kappa shape index (κ1) is 17.1. The normalized spacial score (nSPS) is 30.9. The third-order valence-corrected chi connectivity index (χ3v) is 3.28. The summed E-state index contributed by atoms with van der Waals surface area (Å²) in [6, 6.07) is 0. The first-order valence-electron chi connectivity index (χ1n) is 6.93. The molecule has 0 aromatic heterocycles. The highest BCUT2D eigenvalue weighted by Crippen LogP contribution is 2.38. The van der Waals surface area contributed by atoms with E-state index in [4.69, 9.17) is 14.2 Å². The number of aldehydes is 1. The predicted molar refractivity (Wildman–Crippen MR) is 74.1 cm³/mol. The van der Waals surface area contributed by atoms with Crippen molar-refractivity contribution in [2.24, 2.45) is 11.3 Å². The minimum absolute atomic E-state index is 0.140. The van der Waals surface area contributed by atoms with Crippen molar-refractivity contribution in [1.29, 1.82) is 0 Å². The van der Waals surface area contributed by atoms with Crippen LogP contribution in [0.3, 0.4) is 0 Å². The molecular formula is C15H26O5. The Labute approximate surface area is 121 Å². The summed E-state index contributed by atoms with van der Waals surface area (Å²) >= 11 is 0. The third kappa shape index (κ3) is 3.79. The molecule has 0 aliphatic carbocycles. The van der Waals surface area contributed by atoms with Crippen LogP contribution in [0.4, 0.5) is 0 Å². The molecule has 1 fully saturated rings. The summed E-state index contributed by atoms with van der Waals surface area (Å²) in [5.74, 6) is -1.23. The molecule has 1 aliphatic heterocycles. The van der Waals surface area contributed by atoms with Crippen LogP contribution in [-0.2, 0) is 23.8 Å². The van der Waals surface area contributed by atoms with Crippen LogP contribution in [0.5, 0.6) is 0 Å². The molecular weight excluding hydrogens is 260 g/mol. The monoisotopic (exact) mass is 286 g/mol. The lowest BCUT2D eigenvalue weighted by molar-refractivity contribution is -0.166. The van der Waals surface area contributed by atoms with Crippen LogP contribution in [0.2, 0.25) is 0 Å². The van der Waals surface area contributed by atoms with Gasteiger partial charge >= 0.3 is 5.97 Å². The van der Waals surface area contributed by atoms with Gasteiger partial charge in [0.15, 0.2) is 17.7 Å². The van der Waals surface area contributed by atoms with E-state index >= 15 is 0 Å². The number of ether oxygens (including phenoxy) is 3. The van der Waals surface area contributed by atoms with Crippen molar-refractivity contribution >= 4 is 12.3 Å². The van der Waals surface area contributed by atoms with Gasteiger partial charge in [-0.15, -0.1) is 0 Å². The maximum atomic E-state index is 11.8. The summed E-state index contributed by atoms with van der Waals surface area (Å²) in [6.45, 7) is 12.7. The summed E-state index contributed by atoms with van der Waals surface area (Å²) < 4.78 is 16.7. The molecule has 0 aromatic rings. The predicted octanol–water partition coefficient (Wildman–Crippen LogP) is 2.32. The number of hydrogen-bond donors (Lipinski definition) is 0. The van der Waals surface area contributed by atoms with Crippen LogP contribution < -0.4 is 0 Å². The van der Waals surface area contributed by atoms with Crippen molar-refractivity contribution in [3.05, 3.63) is 0 Å². The maximum absolute atomic E-state index is 11.8. The Morgan fingerprint density at radius 3 is 2.35 bits per heavy atom. The summed E-state index contributed by atoms with van der Waals surface area (Å²) in [7, 11) is 0. The Bertz CT molecular complexity index is 382. The van der Waals surface area contributed by atoms with Crippen molar-refractivity contribution in [2.75, 3.05) is 6.61 Å². The van der Waals surface area contributed by atoms with E-state index in [1.807, 2.05) is 6.92 Å². The van der Waals surface area contributed by atoms with Gasteiger partial charge in [-0.2, -0.15) is 0 Å². The van der Waals surface area contributed by atoms with Gasteiger partial charge in [0.1, 0.15) is 6.10 Å². The van der Waals surface area contributed by atoms with Gasteiger partial charge in [0, 0.05) is 5.92 Å². The van der Waals surface area contributed by atoms with E-state index in [0.717, 1.165) is 6.29 Å². The lowest BCUT2D eigenvalue weighted by Crippen LogP contribution is -2.44. The molecule has 0 spiro atoms. The van der Waals surface area contributed by atoms with Crippen molar-refractivity contribution < 1.29 is 23.8 Å². The zero-order valence-electron chi connectivity index (χ0n) is 13.5. The number of rotatable bonds is 4. The van der Waals surface area contributed by atoms with Gasteiger partial charge in [0.2, 0.25) is 0 Å². The molecule has 1 rings (SSSR count). The molecule has 20 heavy (non-hydrogen) atoms. The van der Waals surface area contributed by atoms with E-state index < -0.39 is 22.9 Å². The lowest BCUT2D eigenvalue weighted by Gasteiger charge is -2.28. The zero-order chi connectivity index (χ0) is 15.8. The molecule has 1 heterocycles. The van der Waals surface area contributed by atoms with Gasteiger partial charge in [-0.25, -0.2) is 0 Å². The van der Waals surface area contributed by atoms with Crippen molar-refractivity contribution in [3.8, 4) is 0 Å². The van der Waals surface area contributed by atoms with Crippen LogP contribution in [0.1, 0.15) is 48.5 Å². The van der Waals surface area contributed by atoms with Gasteiger partial charge in [-0.1, -0.05) is 6.92 Å². The molecule has 0 radical (unpaired) electrons. The van der Waals surface area contributed by atoms with E-state index in [2.05, 4.69) is 0 Å². The second kappa shape index (κ2) is 5.45. The fraction of sp³-hybridized carbons (Fsp3) is 0.867. The van der Waals surface area contributed by atoms with E-state index in [-0.39, 0.29) is 18.5 Å². The first-order chi connectivity index (χ1) is 8.91. The third-order valence-electron chi connectivity index (χ3n) is 3.28. The highest BCUT2D eigenvalue weighted by Gasteiger charge is 2.52. The molecule has 0 bridgehead atoms. The van der Waals surface area contributed by atoms with Crippen molar-refractivity contribution in [3.63, 3.8) is 0 Å². The lowest BCUT2D eigenvalue weighted by atomic mass is 9.91. The average Bonchev–Trinajstić information content (AvgIpc) is 2.55. The van der Waals surface area contributed by atoms with Crippen LogP contribution in [0.15, 0.2) is 0 Å². The van der Waals surface area contributed by atoms with Gasteiger partial charge in [0.05, 0.1) is 12.0 Å². The Morgan fingerprint density at radius 1 is 1.35 bits per heavy atom. The minimum atomic E-state index is -1.02. The Balaban J connectivity index is 2.70. The highest BCUT2D eigenvalue weighted by atomic mass is 16.8. The van der Waals surface area contributed by atoms with E-state index in [0.29, 0.717) is 0 Å². The molecule has 0 saturated carbocycles. The molecule has 116 valence electrons. The molecule has 1 saturated heterocycles. The van der Waals surface area contributed by atoms with Crippen LogP contribution in [0, 0.1) is 11.3 Å². The molecule has 5 heteroatoms. The van der Waals surface area contributed by atoms with E-state index in [9.17, 15) is 9.59 Å². The molecule has 3 atom stereocenters. The summed E-state index contributed by atoms with van der Waals surface area (Å²) in [4.78, 5) is 23.1. The van der Waals surface area contributed by atoms with Gasteiger partial charge in [-0.3, -0.25) is 4.79 Å². The summed E-state index contributed by atoms with van der Waals surface area (Å²) in [5, 5.41) is 0. The van der Waals surface area contributed by atoms with Crippen LogP contribution in [-0.4, -0.2) is 36.4 Å². The first-order valence-corrected chi connectivity index (χ1v) is 6.93. The quantitative estimate of drug-likeness (QED) is 0.586. The minimum Gasteiger partial charge on any atom is -0.465 e. The fourth-order valence-corrected chi connectivity index (χ4v) is 2.32. The number of carbonyl (C=O) groups is 2. The highest BCUT2D eigenvalue weighted by molar-refractivity contribution is 5.75. The molecule has 0 amide bonds. The molecule has 5 nitrogen and oxygen atoms in total. The number of hydrogen-bond acceptors (Lipinski definition) is 5. The maximum Gasteiger partial charge on any atom is 0.311 e. The second-order valence-electron chi connectivity index (χ2n) is 7.17. The second-order valence-corrected chi connectivity index (χ2v) is 7.17. The Morgan fingerprint density at radius 2 is 1.90 bits per heavy atom. The smallest absolute Gasteiger partial charge is 0.311 e. The molecule has 1 aliphatic rings. The molecule has 3 unspecified atom stereocenters. The van der Waals surface area contributed by atoms with Gasteiger partial charge < -0.3 is 19.0 Å². The molecule has 0 aromatic carbocycles. The Kier molecular flexibility index (Phi) is 4.66. The topological polar surface area (TPSA) is 61.8 Å². The number of esters is 1. The number of carbonyl (C=O) groups excluding carboxylic acids is 2. The SMILES string of the molecule is CC(COC(=O)C(C)(C)C)C1OC(C)(C)OC1(C)C=O. The van der Waals surface area contributed by atoms with Gasteiger partial charge in [-0.05, 0) is 41.5 Å². The zero-order valence-corrected chi connectivity index (χ0v) is 13.5. The Hall–Kier alpha value is -0.940. The van der Waals surface area contributed by atoms with Crippen LogP contribution >= 0.6 is 0 Å². The standard InChI is InChI=1S/C15H26O5/c1-10(8-18-12(17)13(2,3)4)11-15(7,9-16)20-14(5,6)19-11/h9-11H,8H2,1-7H3. The van der Waals surface area contributed by atoms with Crippen LogP contribution in [0.25, 0.3) is 0 Å². The van der Waals surface area contributed by atoms with Crippen molar-refractivity contribution in [2.45, 2.75) is 66.0 Å². The van der Waals surface area contributed by atoms with Crippen molar-refractivity contribution in [1.82, 2.24) is 0 Å². The van der Waals surface area contributed by atoms with E-state index in [1.165, 1.54) is 0 Å². The summed E-state index contributed by atoms with van der Waals surface area (Å²) in [6.07, 6.45) is 0.317. The largest absolute Gasteiger partial charge is 0.465 e.